The lowest BCUT2D eigenvalue weighted by atomic mass is 10.2. The zero-order chi connectivity index (χ0) is 13.0. The Morgan fingerprint density at radius 2 is 2.17 bits per heavy atom. The lowest BCUT2D eigenvalue weighted by Crippen LogP contribution is -2.09. The summed E-state index contributed by atoms with van der Waals surface area (Å²) in [5.74, 6) is 0.965. The maximum Gasteiger partial charge on any atom is 0.131 e. The van der Waals surface area contributed by atoms with Crippen molar-refractivity contribution in [2.45, 2.75) is 33.7 Å². The number of aryl methyl sites for hydroxylation is 2. The second-order valence-corrected chi connectivity index (χ2v) is 4.52. The molecule has 0 aliphatic carbocycles. The Balaban J connectivity index is 2.20. The van der Waals surface area contributed by atoms with Gasteiger partial charge >= 0.3 is 0 Å². The smallest absolute Gasteiger partial charge is 0.131 e. The second-order valence-electron chi connectivity index (χ2n) is 4.52. The van der Waals surface area contributed by atoms with Gasteiger partial charge in [0.25, 0.3) is 0 Å². The number of aromatic nitrogens is 3. The van der Waals surface area contributed by atoms with Gasteiger partial charge in [0.2, 0.25) is 0 Å². The number of anilines is 1. The number of nitrogens with zero attached hydrogens (tertiary/aromatic N) is 3. The standard InChI is InChI=1S/C14H20N4/c1-4-7-15-14-13(6-5-8-16-14)10-18-12(3)9-11(2)17-18/h5-6,8-9H,4,7,10H2,1-3H3,(H,15,16). The number of hydrogen-bond acceptors (Lipinski definition) is 3. The molecule has 0 amide bonds. The van der Waals surface area contributed by atoms with Gasteiger partial charge in [0.15, 0.2) is 0 Å². The zero-order valence-corrected chi connectivity index (χ0v) is 11.3. The highest BCUT2D eigenvalue weighted by Gasteiger charge is 2.06. The molecule has 1 N–H and O–H groups in total. The van der Waals surface area contributed by atoms with E-state index in [0.29, 0.717) is 0 Å². The van der Waals surface area contributed by atoms with Gasteiger partial charge in [-0.15, -0.1) is 0 Å². The Bertz CT molecular complexity index is 516. The van der Waals surface area contributed by atoms with Crippen LogP contribution >= 0.6 is 0 Å². The normalized spacial score (nSPS) is 10.6. The summed E-state index contributed by atoms with van der Waals surface area (Å²) in [6.45, 7) is 7.95. The average Bonchev–Trinajstić information content (AvgIpc) is 2.67. The van der Waals surface area contributed by atoms with E-state index >= 15 is 0 Å². The van der Waals surface area contributed by atoms with E-state index in [0.717, 1.165) is 31.0 Å². The van der Waals surface area contributed by atoms with Crippen molar-refractivity contribution in [3.63, 3.8) is 0 Å². The van der Waals surface area contributed by atoms with Crippen molar-refractivity contribution in [2.75, 3.05) is 11.9 Å². The monoisotopic (exact) mass is 244 g/mol. The number of nitrogens with one attached hydrogen (secondary N) is 1. The van der Waals surface area contributed by atoms with Gasteiger partial charge in [-0.1, -0.05) is 13.0 Å². The molecule has 0 unspecified atom stereocenters. The van der Waals surface area contributed by atoms with Crippen LogP contribution in [0.2, 0.25) is 0 Å². The highest BCUT2D eigenvalue weighted by atomic mass is 15.3. The zero-order valence-electron chi connectivity index (χ0n) is 11.3. The Hall–Kier alpha value is -1.84. The number of hydrogen-bond donors (Lipinski definition) is 1. The molecule has 4 heteroatoms. The van der Waals surface area contributed by atoms with Crippen molar-refractivity contribution in [3.8, 4) is 0 Å². The maximum atomic E-state index is 4.49. The molecule has 2 aromatic rings. The lowest BCUT2D eigenvalue weighted by molar-refractivity contribution is 0.658. The molecule has 0 spiro atoms. The minimum atomic E-state index is 0.763. The van der Waals surface area contributed by atoms with Crippen LogP contribution in [-0.2, 0) is 6.54 Å². The van der Waals surface area contributed by atoms with Crippen molar-refractivity contribution in [3.05, 3.63) is 41.3 Å². The first kappa shape index (κ1) is 12.6. The van der Waals surface area contributed by atoms with Crippen molar-refractivity contribution < 1.29 is 0 Å². The van der Waals surface area contributed by atoms with Crippen LogP contribution in [0.5, 0.6) is 0 Å². The SMILES string of the molecule is CCCNc1ncccc1Cn1nc(C)cc1C. The van der Waals surface area contributed by atoms with E-state index in [1.807, 2.05) is 23.9 Å². The van der Waals surface area contributed by atoms with Gasteiger partial charge in [0.05, 0.1) is 12.2 Å². The molecule has 0 fully saturated rings. The molecule has 2 heterocycles. The molecule has 0 saturated carbocycles. The van der Waals surface area contributed by atoms with Crippen molar-refractivity contribution in [1.29, 1.82) is 0 Å². The molecule has 2 rings (SSSR count). The maximum absolute atomic E-state index is 4.49. The second kappa shape index (κ2) is 5.67. The van der Waals surface area contributed by atoms with E-state index in [-0.39, 0.29) is 0 Å². The number of pyridine rings is 1. The van der Waals surface area contributed by atoms with Crippen LogP contribution in [-0.4, -0.2) is 21.3 Å². The summed E-state index contributed by atoms with van der Waals surface area (Å²) in [6.07, 6.45) is 2.92. The summed E-state index contributed by atoms with van der Waals surface area (Å²) in [5.41, 5.74) is 3.41. The first-order chi connectivity index (χ1) is 8.70. The van der Waals surface area contributed by atoms with Gasteiger partial charge < -0.3 is 5.32 Å². The van der Waals surface area contributed by atoms with Crippen LogP contribution in [0.1, 0.15) is 30.3 Å². The highest BCUT2D eigenvalue weighted by Crippen LogP contribution is 2.14. The van der Waals surface area contributed by atoms with Crippen molar-refractivity contribution >= 4 is 5.82 Å². The fourth-order valence-corrected chi connectivity index (χ4v) is 1.97. The third-order valence-electron chi connectivity index (χ3n) is 2.86. The molecular formula is C14H20N4. The number of rotatable bonds is 5. The molecule has 0 saturated heterocycles. The summed E-state index contributed by atoms with van der Waals surface area (Å²) in [4.78, 5) is 4.40. The molecule has 18 heavy (non-hydrogen) atoms. The predicted molar refractivity (Wildman–Crippen MR) is 73.8 cm³/mol. The minimum Gasteiger partial charge on any atom is -0.370 e. The quantitative estimate of drug-likeness (QED) is 0.879. The molecule has 4 nitrogen and oxygen atoms in total. The largest absolute Gasteiger partial charge is 0.370 e. The molecular weight excluding hydrogens is 224 g/mol. The molecule has 0 aliphatic rings. The van der Waals surface area contributed by atoms with Gasteiger partial charge in [0, 0.05) is 24.0 Å². The summed E-state index contributed by atoms with van der Waals surface area (Å²) < 4.78 is 2.02. The summed E-state index contributed by atoms with van der Waals surface area (Å²) >= 11 is 0. The van der Waals surface area contributed by atoms with Crippen molar-refractivity contribution in [1.82, 2.24) is 14.8 Å². The Morgan fingerprint density at radius 1 is 1.33 bits per heavy atom. The first-order valence-electron chi connectivity index (χ1n) is 6.39. The molecule has 2 aromatic heterocycles. The highest BCUT2D eigenvalue weighted by molar-refractivity contribution is 5.43. The van der Waals surface area contributed by atoms with Crippen LogP contribution < -0.4 is 5.32 Å². The Labute approximate surface area is 108 Å². The summed E-state index contributed by atoms with van der Waals surface area (Å²) in [7, 11) is 0. The lowest BCUT2D eigenvalue weighted by Gasteiger charge is -2.11. The van der Waals surface area contributed by atoms with Crippen LogP contribution in [0.25, 0.3) is 0 Å². The minimum absolute atomic E-state index is 0.763. The van der Waals surface area contributed by atoms with E-state index in [1.54, 1.807) is 0 Å². The Kier molecular flexibility index (Phi) is 3.97. The third-order valence-corrected chi connectivity index (χ3v) is 2.86. The predicted octanol–water partition coefficient (Wildman–Crippen LogP) is 2.77. The van der Waals surface area contributed by atoms with E-state index in [1.165, 1.54) is 11.3 Å². The van der Waals surface area contributed by atoms with Crippen LogP contribution in [0.3, 0.4) is 0 Å². The fraction of sp³-hybridized carbons (Fsp3) is 0.429. The van der Waals surface area contributed by atoms with E-state index in [9.17, 15) is 0 Å². The van der Waals surface area contributed by atoms with Crippen LogP contribution in [0, 0.1) is 13.8 Å². The van der Waals surface area contributed by atoms with Crippen LogP contribution in [0.15, 0.2) is 24.4 Å². The molecule has 0 atom stereocenters. The molecule has 0 bridgehead atoms. The molecule has 0 radical (unpaired) electrons. The van der Waals surface area contributed by atoms with E-state index in [2.05, 4.69) is 41.4 Å². The van der Waals surface area contributed by atoms with Gasteiger partial charge in [-0.05, 0) is 32.4 Å². The van der Waals surface area contributed by atoms with Gasteiger partial charge in [-0.3, -0.25) is 4.68 Å². The van der Waals surface area contributed by atoms with Gasteiger partial charge in [-0.25, -0.2) is 4.98 Å². The fourth-order valence-electron chi connectivity index (χ4n) is 1.97. The topological polar surface area (TPSA) is 42.7 Å². The summed E-state index contributed by atoms with van der Waals surface area (Å²) in [6, 6.07) is 6.16. The Morgan fingerprint density at radius 3 is 2.83 bits per heavy atom. The molecule has 96 valence electrons. The van der Waals surface area contributed by atoms with Gasteiger partial charge in [0.1, 0.15) is 5.82 Å². The molecule has 0 aliphatic heterocycles. The van der Waals surface area contributed by atoms with Gasteiger partial charge in [-0.2, -0.15) is 5.10 Å². The van der Waals surface area contributed by atoms with E-state index in [4.69, 9.17) is 0 Å². The molecule has 0 aromatic carbocycles. The average molecular weight is 244 g/mol. The van der Waals surface area contributed by atoms with Crippen LogP contribution in [0.4, 0.5) is 5.82 Å². The third kappa shape index (κ3) is 2.88. The van der Waals surface area contributed by atoms with Crippen molar-refractivity contribution in [2.24, 2.45) is 0 Å². The summed E-state index contributed by atoms with van der Waals surface area (Å²) in [5, 5.41) is 7.85. The first-order valence-corrected chi connectivity index (χ1v) is 6.39. The van der Waals surface area contributed by atoms with E-state index < -0.39 is 0 Å².